The Labute approximate surface area is 380 Å². The number of thiophene rings is 1. The van der Waals surface area contributed by atoms with Crippen LogP contribution in [-0.4, -0.2) is 12.6 Å². The van der Waals surface area contributed by atoms with Crippen LogP contribution in [0.1, 0.15) is 104 Å². The van der Waals surface area contributed by atoms with Crippen molar-refractivity contribution in [2.75, 3.05) is 0 Å². The average Bonchev–Trinajstić information content (AvgIpc) is 3.93. The molecule has 3 aromatic heterocycles. The van der Waals surface area contributed by atoms with Crippen LogP contribution < -0.4 is 14.3 Å². The first-order valence-electron chi connectivity index (χ1n) is 23.4. The number of rotatable bonds is 9. The molecule has 0 bridgehead atoms. The fraction of sp³-hybridized carbons (Fsp3) is 0.310. The summed E-state index contributed by atoms with van der Waals surface area (Å²) in [6.07, 6.45) is 7.34. The second kappa shape index (κ2) is 15.7. The Bertz CT molecular complexity index is 3090. The fourth-order valence-corrected chi connectivity index (χ4v) is 13.7. The topological polar surface area (TPSA) is 12.7 Å². The lowest BCUT2D eigenvalue weighted by Crippen LogP contribution is -2.53. The Hall–Kier alpha value is -5.36. The molecular weight excluding hydrogens is 799 g/mol. The predicted octanol–water partition coefficient (Wildman–Crippen LogP) is 14.6. The van der Waals surface area contributed by atoms with Crippen molar-refractivity contribution in [3.05, 3.63) is 160 Å². The van der Waals surface area contributed by atoms with Crippen LogP contribution in [0.25, 0.3) is 66.3 Å². The van der Waals surface area contributed by atoms with E-state index in [1.165, 1.54) is 93.4 Å². The summed E-state index contributed by atoms with van der Waals surface area (Å²) < 4.78 is 9.47. The van der Waals surface area contributed by atoms with Crippen LogP contribution in [0.15, 0.2) is 128 Å². The molecule has 3 nitrogen and oxygen atoms in total. The van der Waals surface area contributed by atoms with Gasteiger partial charge in [0.25, 0.3) is 0 Å². The number of nitrogens with zero attached hydrogens (tertiary/aromatic N) is 3. The second-order valence-electron chi connectivity index (χ2n) is 20.6. The van der Waals surface area contributed by atoms with E-state index in [1.54, 1.807) is 10.8 Å². The molecule has 8 aromatic rings. The van der Waals surface area contributed by atoms with Crippen molar-refractivity contribution in [2.24, 2.45) is 5.92 Å². The summed E-state index contributed by atoms with van der Waals surface area (Å²) in [5.41, 5.74) is 18.9. The smallest absolute Gasteiger partial charge is 0.194 e. The third-order valence-electron chi connectivity index (χ3n) is 13.9. The number of allylic oxidation sites excluding steroid dienone is 2. The van der Waals surface area contributed by atoms with Crippen molar-refractivity contribution in [2.45, 2.75) is 112 Å². The standard InChI is InChI=1S/C58H63N3SSi/c1-35(2)27-42-31-52-45-22-16-15-21-44(45)48-32-43(33-53(48)59(52)34-55(42)63(9,10)11)60-50-23-17-18-24-51(50)61(58(60)56-39(8)62-54-26-25-38(7)28-49(54)56)57-46(36(3)4)29-41(30-47(57)37(5)6)40-19-13-12-14-20-40/h12-26,28-32,34-37,48,53H,27,33H2,1-11H3/q+2. The van der Waals surface area contributed by atoms with Gasteiger partial charge in [0.15, 0.2) is 23.3 Å². The van der Waals surface area contributed by atoms with Crippen molar-refractivity contribution in [1.29, 1.82) is 0 Å². The maximum Gasteiger partial charge on any atom is 0.301 e. The summed E-state index contributed by atoms with van der Waals surface area (Å²) in [6, 6.07) is 44.4. The van der Waals surface area contributed by atoms with E-state index < -0.39 is 8.07 Å². The van der Waals surface area contributed by atoms with Crippen LogP contribution in [0.3, 0.4) is 0 Å². The molecule has 318 valence electrons. The van der Waals surface area contributed by atoms with Crippen LogP contribution in [-0.2, 0) is 6.42 Å². The first-order chi connectivity index (χ1) is 30.2. The molecule has 0 fully saturated rings. The van der Waals surface area contributed by atoms with Crippen LogP contribution >= 0.6 is 11.3 Å². The number of imidazole rings is 1. The number of para-hydroxylation sites is 2. The van der Waals surface area contributed by atoms with E-state index in [1.807, 2.05) is 11.3 Å². The van der Waals surface area contributed by atoms with Crippen LogP contribution in [0.5, 0.6) is 0 Å². The molecule has 0 radical (unpaired) electrons. The Morgan fingerprint density at radius 2 is 1.43 bits per heavy atom. The number of aryl methyl sites for hydroxylation is 2. The van der Waals surface area contributed by atoms with Gasteiger partial charge in [0.2, 0.25) is 5.69 Å². The summed E-state index contributed by atoms with van der Waals surface area (Å²) in [7, 11) is -1.67. The Morgan fingerprint density at radius 1 is 0.746 bits per heavy atom. The highest BCUT2D eigenvalue weighted by Crippen LogP contribution is 2.49. The van der Waals surface area contributed by atoms with E-state index in [-0.39, 0.29) is 12.0 Å². The van der Waals surface area contributed by atoms with Crippen molar-refractivity contribution in [3.63, 3.8) is 0 Å². The molecule has 63 heavy (non-hydrogen) atoms. The number of hydrogen-bond donors (Lipinski definition) is 0. The zero-order chi connectivity index (χ0) is 44.1. The van der Waals surface area contributed by atoms with Gasteiger partial charge in [-0.15, -0.1) is 11.3 Å². The maximum absolute atomic E-state index is 2.72. The van der Waals surface area contributed by atoms with Crippen LogP contribution in [0.4, 0.5) is 0 Å². The minimum absolute atomic E-state index is 0.256. The third kappa shape index (κ3) is 6.98. The highest BCUT2D eigenvalue weighted by molar-refractivity contribution is 7.19. The molecule has 2 unspecified atom stereocenters. The minimum atomic E-state index is -1.67. The SMILES string of the molecule is Cc1ccc2sc(C)c(-c3n(-c4c(C(C)C)cc(-c5ccccc5)cc4C(C)C)c4ccccc4[n+]3C3=CC4c5ccccc5-c5cc(CC(C)C)c([Si](C)(C)C)c[n+]5C4C3)c2c1. The minimum Gasteiger partial charge on any atom is -0.194 e. The Morgan fingerprint density at radius 3 is 2.13 bits per heavy atom. The van der Waals surface area contributed by atoms with Crippen molar-refractivity contribution in [1.82, 2.24) is 4.57 Å². The van der Waals surface area contributed by atoms with E-state index in [0.29, 0.717) is 17.8 Å². The Balaban J connectivity index is 1.29. The molecule has 2 atom stereocenters. The zero-order valence-corrected chi connectivity index (χ0v) is 41.0. The Kier molecular flexibility index (Phi) is 10.4. The molecule has 0 N–H and O–H groups in total. The predicted molar refractivity (Wildman–Crippen MR) is 272 cm³/mol. The summed E-state index contributed by atoms with van der Waals surface area (Å²) in [5, 5.41) is 2.94. The lowest BCUT2D eigenvalue weighted by Gasteiger charge is -2.28. The highest BCUT2D eigenvalue weighted by atomic mass is 32.1. The number of hydrogen-bond acceptors (Lipinski definition) is 1. The van der Waals surface area contributed by atoms with Crippen molar-refractivity contribution < 1.29 is 9.13 Å². The van der Waals surface area contributed by atoms with E-state index in [0.717, 1.165) is 12.8 Å². The number of pyridine rings is 1. The van der Waals surface area contributed by atoms with Crippen LogP contribution in [0.2, 0.25) is 19.6 Å². The molecule has 5 heteroatoms. The quantitative estimate of drug-likeness (QED) is 0.101. The van der Waals surface area contributed by atoms with Gasteiger partial charge in [-0.1, -0.05) is 133 Å². The molecule has 10 rings (SSSR count). The molecule has 0 spiro atoms. The van der Waals surface area contributed by atoms with Crippen LogP contribution in [0, 0.1) is 19.8 Å². The first-order valence-corrected chi connectivity index (χ1v) is 27.7. The molecule has 0 amide bonds. The average molecular weight is 862 g/mol. The van der Waals surface area contributed by atoms with Crippen molar-refractivity contribution >= 4 is 51.4 Å². The van der Waals surface area contributed by atoms with Crippen molar-refractivity contribution in [3.8, 4) is 39.5 Å². The highest BCUT2D eigenvalue weighted by Gasteiger charge is 2.48. The molecule has 2 aliphatic rings. The molecule has 1 aliphatic carbocycles. The van der Waals surface area contributed by atoms with Gasteiger partial charge in [-0.3, -0.25) is 0 Å². The summed E-state index contributed by atoms with van der Waals surface area (Å²) >= 11 is 1.93. The molecular formula is C58H63N3SSi+2. The maximum atomic E-state index is 2.72. The second-order valence-corrected chi connectivity index (χ2v) is 26.9. The van der Waals surface area contributed by atoms with Gasteiger partial charge in [0.05, 0.1) is 31.5 Å². The summed E-state index contributed by atoms with van der Waals surface area (Å²) in [6.45, 7) is 26.4. The van der Waals surface area contributed by atoms with Gasteiger partial charge >= 0.3 is 5.82 Å². The van der Waals surface area contributed by atoms with E-state index >= 15 is 0 Å². The van der Waals surface area contributed by atoms with Gasteiger partial charge in [-0.2, -0.15) is 13.7 Å². The molecule has 4 heterocycles. The number of aromatic nitrogens is 3. The zero-order valence-electron chi connectivity index (χ0n) is 39.2. The van der Waals surface area contributed by atoms with E-state index in [4.69, 9.17) is 0 Å². The molecule has 5 aromatic carbocycles. The first kappa shape index (κ1) is 41.6. The number of fused-ring (bicyclic) bond motifs is 8. The lowest BCUT2D eigenvalue weighted by atomic mass is 9.84. The van der Waals surface area contributed by atoms with Gasteiger partial charge in [0.1, 0.15) is 11.4 Å². The van der Waals surface area contributed by atoms with Gasteiger partial charge < -0.3 is 0 Å². The number of benzene rings is 5. The largest absolute Gasteiger partial charge is 0.301 e. The summed E-state index contributed by atoms with van der Waals surface area (Å²) in [4.78, 5) is 1.35. The monoisotopic (exact) mass is 861 g/mol. The fourth-order valence-electron chi connectivity index (χ4n) is 11.0. The third-order valence-corrected chi connectivity index (χ3v) is 17.0. The normalized spacial score (nSPS) is 16.1. The molecule has 0 saturated heterocycles. The lowest BCUT2D eigenvalue weighted by molar-refractivity contribution is -0.715. The molecule has 0 saturated carbocycles. The van der Waals surface area contributed by atoms with Gasteiger partial charge in [-0.25, -0.2) is 0 Å². The van der Waals surface area contributed by atoms with E-state index in [9.17, 15) is 0 Å². The molecule has 1 aliphatic heterocycles. The summed E-state index contributed by atoms with van der Waals surface area (Å²) in [5.74, 6) is 2.71. The van der Waals surface area contributed by atoms with E-state index in [2.05, 4.69) is 216 Å². The van der Waals surface area contributed by atoms with Gasteiger partial charge in [-0.05, 0) is 109 Å². The van der Waals surface area contributed by atoms with Gasteiger partial charge in [0, 0.05) is 37.3 Å².